The number of carbonyl (C=O) groups excluding carboxylic acids is 1. The van der Waals surface area contributed by atoms with Crippen molar-refractivity contribution in [2.24, 2.45) is 12.1 Å². The summed E-state index contributed by atoms with van der Waals surface area (Å²) in [5, 5.41) is 8.00. The maximum Gasteiger partial charge on any atom is 0.293 e. The molecule has 1 aliphatic rings. The summed E-state index contributed by atoms with van der Waals surface area (Å²) in [5.74, 6) is 2.60. The summed E-state index contributed by atoms with van der Waals surface area (Å²) in [4.78, 5) is 11.9. The standard InChI is InChI=1S/C15H15BrN4O2S/c1-20-7-13(16)14(19-20)15(21)18-17-6-10-2-4-11(5-3-10)22-12-8-23-9-12/h2-7,12H,8-9H2,1H3,(H,18,21)/b17-6+. The molecular weight excluding hydrogens is 380 g/mol. The van der Waals surface area contributed by atoms with Crippen LogP contribution in [0.2, 0.25) is 0 Å². The summed E-state index contributed by atoms with van der Waals surface area (Å²) in [6.07, 6.45) is 3.62. The first-order valence-corrected chi connectivity index (χ1v) is 8.93. The second-order valence-electron chi connectivity index (χ2n) is 5.04. The van der Waals surface area contributed by atoms with E-state index < -0.39 is 0 Å². The number of hydrogen-bond acceptors (Lipinski definition) is 5. The van der Waals surface area contributed by atoms with Gasteiger partial charge in [-0.2, -0.15) is 22.0 Å². The molecule has 1 amide bonds. The van der Waals surface area contributed by atoms with E-state index in [9.17, 15) is 4.79 Å². The van der Waals surface area contributed by atoms with Crippen LogP contribution in [-0.4, -0.2) is 39.5 Å². The predicted octanol–water partition coefficient (Wildman–Crippen LogP) is 2.44. The molecule has 0 bridgehead atoms. The molecule has 0 aliphatic carbocycles. The third-order valence-electron chi connectivity index (χ3n) is 3.17. The van der Waals surface area contributed by atoms with Gasteiger partial charge in [-0.15, -0.1) is 0 Å². The Bertz CT molecular complexity index is 726. The van der Waals surface area contributed by atoms with Crippen LogP contribution in [-0.2, 0) is 7.05 Å². The van der Waals surface area contributed by atoms with Crippen LogP contribution in [0, 0.1) is 0 Å². The number of halogens is 1. The number of amides is 1. The number of carbonyl (C=O) groups is 1. The predicted molar refractivity (Wildman–Crippen MR) is 94.2 cm³/mol. The largest absolute Gasteiger partial charge is 0.489 e. The van der Waals surface area contributed by atoms with Gasteiger partial charge < -0.3 is 4.74 Å². The molecule has 1 N–H and O–H groups in total. The van der Waals surface area contributed by atoms with E-state index in [1.165, 1.54) is 0 Å². The van der Waals surface area contributed by atoms with Gasteiger partial charge in [0.25, 0.3) is 5.91 Å². The molecule has 2 heterocycles. The highest BCUT2D eigenvalue weighted by Crippen LogP contribution is 2.23. The zero-order valence-corrected chi connectivity index (χ0v) is 14.8. The average Bonchev–Trinajstić information content (AvgIpc) is 2.83. The van der Waals surface area contributed by atoms with E-state index in [0.717, 1.165) is 22.8 Å². The van der Waals surface area contributed by atoms with Gasteiger partial charge in [0, 0.05) is 24.8 Å². The molecule has 120 valence electrons. The van der Waals surface area contributed by atoms with Gasteiger partial charge in [0.15, 0.2) is 5.69 Å². The molecule has 0 radical (unpaired) electrons. The fourth-order valence-corrected chi connectivity index (χ4v) is 3.06. The summed E-state index contributed by atoms with van der Waals surface area (Å²) < 4.78 is 7.96. The van der Waals surface area contributed by atoms with Crippen molar-refractivity contribution < 1.29 is 9.53 Å². The Morgan fingerprint density at radius 3 is 2.78 bits per heavy atom. The van der Waals surface area contributed by atoms with Gasteiger partial charge in [-0.25, -0.2) is 5.43 Å². The van der Waals surface area contributed by atoms with E-state index in [-0.39, 0.29) is 5.91 Å². The van der Waals surface area contributed by atoms with Crippen molar-refractivity contribution in [2.75, 3.05) is 11.5 Å². The molecule has 6 nitrogen and oxygen atoms in total. The molecule has 23 heavy (non-hydrogen) atoms. The molecule has 2 aromatic rings. The molecular formula is C15H15BrN4O2S. The van der Waals surface area contributed by atoms with Crippen LogP contribution < -0.4 is 10.2 Å². The highest BCUT2D eigenvalue weighted by atomic mass is 79.9. The lowest BCUT2D eigenvalue weighted by Gasteiger charge is -2.25. The van der Waals surface area contributed by atoms with Crippen LogP contribution in [0.25, 0.3) is 0 Å². The highest BCUT2D eigenvalue weighted by molar-refractivity contribution is 9.10. The summed E-state index contributed by atoms with van der Waals surface area (Å²) >= 11 is 5.17. The molecule has 1 aliphatic heterocycles. The van der Waals surface area contributed by atoms with E-state index in [0.29, 0.717) is 16.3 Å². The first-order chi connectivity index (χ1) is 11.1. The topological polar surface area (TPSA) is 68.5 Å². The Balaban J connectivity index is 1.55. The van der Waals surface area contributed by atoms with Crippen molar-refractivity contribution in [3.63, 3.8) is 0 Å². The summed E-state index contributed by atoms with van der Waals surface area (Å²) in [5.41, 5.74) is 3.63. The molecule has 0 unspecified atom stereocenters. The van der Waals surface area contributed by atoms with Crippen molar-refractivity contribution in [3.05, 3.63) is 46.2 Å². The number of hydrazone groups is 1. The number of benzene rings is 1. The van der Waals surface area contributed by atoms with Gasteiger partial charge in [-0.3, -0.25) is 9.48 Å². The summed E-state index contributed by atoms with van der Waals surface area (Å²) in [7, 11) is 1.75. The van der Waals surface area contributed by atoms with Crippen molar-refractivity contribution in [1.29, 1.82) is 0 Å². The number of aromatic nitrogens is 2. The lowest BCUT2D eigenvalue weighted by Crippen LogP contribution is -2.30. The number of aryl methyl sites for hydroxylation is 1. The van der Waals surface area contributed by atoms with Crippen LogP contribution in [0.5, 0.6) is 5.75 Å². The quantitative estimate of drug-likeness (QED) is 0.624. The summed E-state index contributed by atoms with van der Waals surface area (Å²) in [6.45, 7) is 0. The third kappa shape index (κ3) is 4.14. The fraction of sp³-hybridized carbons (Fsp3) is 0.267. The van der Waals surface area contributed by atoms with E-state index in [4.69, 9.17) is 4.74 Å². The first kappa shape index (κ1) is 16.1. The van der Waals surface area contributed by atoms with Gasteiger partial charge in [0.1, 0.15) is 11.9 Å². The minimum atomic E-state index is -0.365. The number of hydrogen-bond donors (Lipinski definition) is 1. The summed E-state index contributed by atoms with van der Waals surface area (Å²) in [6, 6.07) is 7.60. The normalized spacial score (nSPS) is 14.7. The van der Waals surface area contributed by atoms with Crippen LogP contribution in [0.3, 0.4) is 0 Å². The van der Waals surface area contributed by atoms with Crippen LogP contribution in [0.1, 0.15) is 16.1 Å². The lowest BCUT2D eigenvalue weighted by atomic mass is 10.2. The Morgan fingerprint density at radius 2 is 2.22 bits per heavy atom. The van der Waals surface area contributed by atoms with E-state index in [1.54, 1.807) is 24.1 Å². The Kier molecular flexibility index (Phi) is 5.02. The fourth-order valence-electron chi connectivity index (χ4n) is 1.94. The Labute approximate surface area is 146 Å². The number of nitrogens with one attached hydrogen (secondary N) is 1. The molecule has 8 heteroatoms. The molecule has 1 saturated heterocycles. The Hall–Kier alpha value is -1.80. The van der Waals surface area contributed by atoms with Crippen LogP contribution >= 0.6 is 27.7 Å². The molecule has 0 spiro atoms. The maximum atomic E-state index is 11.9. The number of rotatable bonds is 5. The highest BCUT2D eigenvalue weighted by Gasteiger charge is 2.19. The third-order valence-corrected chi connectivity index (χ3v) is 4.96. The molecule has 1 aromatic carbocycles. The minimum Gasteiger partial charge on any atom is -0.489 e. The number of thioether (sulfide) groups is 1. The van der Waals surface area contributed by atoms with Crippen molar-refractivity contribution in [3.8, 4) is 5.75 Å². The van der Waals surface area contributed by atoms with E-state index in [2.05, 4.69) is 31.6 Å². The van der Waals surface area contributed by atoms with Crippen molar-refractivity contribution >= 4 is 39.8 Å². The lowest BCUT2D eigenvalue weighted by molar-refractivity contribution is 0.0948. The van der Waals surface area contributed by atoms with Crippen LogP contribution in [0.4, 0.5) is 0 Å². The molecule has 0 saturated carbocycles. The van der Waals surface area contributed by atoms with Gasteiger partial charge in [-0.05, 0) is 45.8 Å². The molecule has 1 aromatic heterocycles. The van der Waals surface area contributed by atoms with E-state index in [1.807, 2.05) is 36.0 Å². The van der Waals surface area contributed by atoms with Crippen LogP contribution in [0.15, 0.2) is 40.0 Å². The minimum absolute atomic E-state index is 0.298. The molecule has 1 fully saturated rings. The zero-order valence-electron chi connectivity index (χ0n) is 12.4. The number of ether oxygens (including phenoxy) is 1. The average molecular weight is 395 g/mol. The van der Waals surface area contributed by atoms with Crippen molar-refractivity contribution in [2.45, 2.75) is 6.10 Å². The van der Waals surface area contributed by atoms with Gasteiger partial charge in [0.2, 0.25) is 0 Å². The second kappa shape index (κ2) is 7.18. The molecule has 3 rings (SSSR count). The Morgan fingerprint density at radius 1 is 1.48 bits per heavy atom. The van der Waals surface area contributed by atoms with Gasteiger partial charge in [0.05, 0.1) is 10.7 Å². The smallest absolute Gasteiger partial charge is 0.293 e. The molecule has 0 atom stereocenters. The maximum absolute atomic E-state index is 11.9. The monoisotopic (exact) mass is 394 g/mol. The van der Waals surface area contributed by atoms with Crippen molar-refractivity contribution in [1.82, 2.24) is 15.2 Å². The zero-order chi connectivity index (χ0) is 16.2. The van der Waals surface area contributed by atoms with E-state index >= 15 is 0 Å². The second-order valence-corrected chi connectivity index (χ2v) is 6.97. The van der Waals surface area contributed by atoms with Gasteiger partial charge >= 0.3 is 0 Å². The van der Waals surface area contributed by atoms with Gasteiger partial charge in [-0.1, -0.05) is 0 Å². The first-order valence-electron chi connectivity index (χ1n) is 6.99. The SMILES string of the molecule is Cn1cc(Br)c(C(=O)N/N=C/c2ccc(OC3CSC3)cc2)n1. The number of nitrogens with zero attached hydrogens (tertiary/aromatic N) is 3.